The van der Waals surface area contributed by atoms with Gasteiger partial charge in [-0.25, -0.2) is 4.79 Å². The zero-order chi connectivity index (χ0) is 27.2. The van der Waals surface area contributed by atoms with Crippen LogP contribution in [0.15, 0.2) is 48.5 Å². The molecule has 0 spiro atoms. The second kappa shape index (κ2) is 12.3. The summed E-state index contributed by atoms with van der Waals surface area (Å²) in [6.45, 7) is 5.14. The number of fused-ring (bicyclic) bond motifs is 1. The van der Waals surface area contributed by atoms with Crippen molar-refractivity contribution in [1.29, 1.82) is 0 Å². The first-order valence-corrected chi connectivity index (χ1v) is 13.2. The van der Waals surface area contributed by atoms with E-state index in [1.807, 2.05) is 36.9 Å². The summed E-state index contributed by atoms with van der Waals surface area (Å²) < 4.78 is 11.9. The number of benzene rings is 2. The molecular weight excluding hydrogens is 484 g/mol. The van der Waals surface area contributed by atoms with Crippen LogP contribution in [-0.4, -0.2) is 73.6 Å². The molecule has 0 saturated heterocycles. The van der Waals surface area contributed by atoms with Gasteiger partial charge in [-0.05, 0) is 56.0 Å². The minimum absolute atomic E-state index is 0.00873. The maximum Gasteiger partial charge on any atom is 0.323 e. The number of rotatable bonds is 5. The van der Waals surface area contributed by atoms with Crippen LogP contribution in [0, 0.1) is 11.8 Å². The Morgan fingerprint density at radius 2 is 1.74 bits per heavy atom. The van der Waals surface area contributed by atoms with Crippen LogP contribution < -0.4 is 15.4 Å². The molecule has 2 aliphatic rings. The van der Waals surface area contributed by atoms with E-state index in [9.17, 15) is 14.4 Å². The van der Waals surface area contributed by atoms with Gasteiger partial charge in [0, 0.05) is 51.0 Å². The summed E-state index contributed by atoms with van der Waals surface area (Å²) in [5.74, 6) is 0.793. The van der Waals surface area contributed by atoms with Crippen molar-refractivity contribution in [2.75, 3.05) is 44.5 Å². The van der Waals surface area contributed by atoms with Crippen LogP contribution in [0.25, 0.3) is 0 Å². The van der Waals surface area contributed by atoms with Gasteiger partial charge >= 0.3 is 6.03 Å². The molecule has 204 valence electrons. The van der Waals surface area contributed by atoms with Gasteiger partial charge in [0.05, 0.1) is 17.7 Å². The van der Waals surface area contributed by atoms with Gasteiger partial charge in [0.15, 0.2) is 0 Å². The molecule has 1 aliphatic heterocycles. The summed E-state index contributed by atoms with van der Waals surface area (Å²) in [4.78, 5) is 42.8. The fourth-order valence-corrected chi connectivity index (χ4v) is 4.70. The normalized spacial score (nSPS) is 22.4. The number of nitrogens with one attached hydrogen (secondary N) is 2. The minimum Gasteiger partial charge on any atom is -0.491 e. The summed E-state index contributed by atoms with van der Waals surface area (Å²) >= 11 is 0. The first-order chi connectivity index (χ1) is 18.2. The number of anilines is 2. The van der Waals surface area contributed by atoms with Gasteiger partial charge in [-0.3, -0.25) is 9.59 Å². The molecule has 4 rings (SSSR count). The van der Waals surface area contributed by atoms with Gasteiger partial charge < -0.3 is 29.9 Å². The predicted octanol–water partition coefficient (Wildman–Crippen LogP) is 4.46. The maximum absolute atomic E-state index is 13.5. The fraction of sp³-hybridized carbons (Fsp3) is 0.483. The quantitative estimate of drug-likeness (QED) is 0.604. The number of para-hydroxylation sites is 1. The highest BCUT2D eigenvalue weighted by Crippen LogP contribution is 2.33. The molecule has 4 amide bonds. The van der Waals surface area contributed by atoms with Crippen LogP contribution in [0.1, 0.15) is 43.5 Å². The number of urea groups is 1. The molecule has 3 atom stereocenters. The second-order valence-corrected chi connectivity index (χ2v) is 10.4. The van der Waals surface area contributed by atoms with Crippen molar-refractivity contribution in [3.63, 3.8) is 0 Å². The Balaban J connectivity index is 1.57. The second-order valence-electron chi connectivity index (χ2n) is 10.4. The molecule has 2 aromatic carbocycles. The largest absolute Gasteiger partial charge is 0.491 e. The first kappa shape index (κ1) is 27.4. The molecule has 38 heavy (non-hydrogen) atoms. The van der Waals surface area contributed by atoms with Crippen molar-refractivity contribution >= 4 is 29.2 Å². The van der Waals surface area contributed by atoms with E-state index >= 15 is 0 Å². The van der Waals surface area contributed by atoms with E-state index in [2.05, 4.69) is 10.6 Å². The Bertz CT molecular complexity index is 1140. The molecule has 2 aromatic rings. The van der Waals surface area contributed by atoms with Crippen LogP contribution in [0.5, 0.6) is 5.75 Å². The standard InChI is InChI=1S/C29H38N4O5/c1-19-16-33(27(34)14-21-10-11-21)20(2)18-38-25-13-12-23(31-29(36)30-22-8-6-5-7-9-22)15-24(25)28(35)32(3)17-26(19)37-4/h5-9,12-13,15,19-21,26H,10-11,14,16-18H2,1-4H3,(H2,30,31,36)/t19-,20-,26-/m1/s1. The Morgan fingerprint density at radius 1 is 1.03 bits per heavy atom. The Kier molecular flexibility index (Phi) is 8.89. The third-order valence-corrected chi connectivity index (χ3v) is 7.21. The summed E-state index contributed by atoms with van der Waals surface area (Å²) in [5.41, 5.74) is 1.45. The summed E-state index contributed by atoms with van der Waals surface area (Å²) in [6.07, 6.45) is 2.53. The van der Waals surface area contributed by atoms with Gasteiger partial charge in [0.25, 0.3) is 5.91 Å². The SMILES string of the molecule is CO[C@@H]1CN(C)C(=O)c2cc(NC(=O)Nc3ccccc3)ccc2OC[C@@H](C)N(C(=O)CC2CC2)C[C@H]1C. The lowest BCUT2D eigenvalue weighted by molar-refractivity contribution is -0.135. The lowest BCUT2D eigenvalue weighted by Crippen LogP contribution is -2.48. The molecule has 1 saturated carbocycles. The number of ether oxygens (including phenoxy) is 2. The predicted molar refractivity (Wildman–Crippen MR) is 146 cm³/mol. The van der Waals surface area contributed by atoms with Gasteiger partial charge in [-0.1, -0.05) is 25.1 Å². The van der Waals surface area contributed by atoms with Crippen molar-refractivity contribution in [2.45, 2.75) is 45.3 Å². The van der Waals surface area contributed by atoms with Crippen LogP contribution in [0.2, 0.25) is 0 Å². The molecule has 0 aromatic heterocycles. The topological polar surface area (TPSA) is 100 Å². The van der Waals surface area contributed by atoms with E-state index in [1.54, 1.807) is 49.4 Å². The lowest BCUT2D eigenvalue weighted by atomic mass is 10.0. The number of carbonyl (C=O) groups excluding carboxylic acids is 3. The average Bonchev–Trinajstić information content (AvgIpc) is 3.72. The van der Waals surface area contributed by atoms with Crippen molar-refractivity contribution < 1.29 is 23.9 Å². The van der Waals surface area contributed by atoms with Gasteiger partial charge in [0.2, 0.25) is 5.91 Å². The molecule has 0 unspecified atom stereocenters. The number of hydrogen-bond donors (Lipinski definition) is 2. The zero-order valence-corrected chi connectivity index (χ0v) is 22.6. The number of methoxy groups -OCH3 is 1. The van der Waals surface area contributed by atoms with Gasteiger partial charge in [-0.2, -0.15) is 0 Å². The minimum atomic E-state index is -0.419. The lowest BCUT2D eigenvalue weighted by Gasteiger charge is -2.36. The van der Waals surface area contributed by atoms with Crippen molar-refractivity contribution in [2.24, 2.45) is 11.8 Å². The number of hydrogen-bond acceptors (Lipinski definition) is 5. The smallest absolute Gasteiger partial charge is 0.323 e. The molecule has 1 heterocycles. The molecule has 1 fully saturated rings. The fourth-order valence-electron chi connectivity index (χ4n) is 4.70. The van der Waals surface area contributed by atoms with Crippen LogP contribution in [-0.2, 0) is 9.53 Å². The van der Waals surface area contributed by atoms with E-state index in [0.29, 0.717) is 48.1 Å². The highest BCUT2D eigenvalue weighted by molar-refractivity contribution is 6.02. The van der Waals surface area contributed by atoms with Gasteiger partial charge in [-0.15, -0.1) is 0 Å². The molecule has 0 radical (unpaired) electrons. The highest BCUT2D eigenvalue weighted by atomic mass is 16.5. The van der Waals surface area contributed by atoms with E-state index < -0.39 is 6.03 Å². The highest BCUT2D eigenvalue weighted by Gasteiger charge is 2.33. The van der Waals surface area contributed by atoms with Crippen LogP contribution >= 0.6 is 0 Å². The summed E-state index contributed by atoms with van der Waals surface area (Å²) in [6, 6.07) is 13.5. The third kappa shape index (κ3) is 7.04. The van der Waals surface area contributed by atoms with E-state index in [-0.39, 0.29) is 36.5 Å². The van der Waals surface area contributed by atoms with E-state index in [0.717, 1.165) is 12.8 Å². The van der Waals surface area contributed by atoms with Crippen LogP contribution in [0.3, 0.4) is 0 Å². The monoisotopic (exact) mass is 522 g/mol. The summed E-state index contributed by atoms with van der Waals surface area (Å²) in [5, 5.41) is 5.56. The van der Waals surface area contributed by atoms with E-state index in [4.69, 9.17) is 9.47 Å². The molecule has 1 aliphatic carbocycles. The molecule has 9 nitrogen and oxygen atoms in total. The van der Waals surface area contributed by atoms with Crippen LogP contribution in [0.4, 0.5) is 16.2 Å². The Hall–Kier alpha value is -3.59. The van der Waals surface area contributed by atoms with E-state index in [1.165, 1.54) is 0 Å². The Morgan fingerprint density at radius 3 is 2.42 bits per heavy atom. The average molecular weight is 523 g/mol. The molecular formula is C29H38N4O5. The molecule has 2 N–H and O–H groups in total. The van der Waals surface area contributed by atoms with Gasteiger partial charge in [0.1, 0.15) is 12.4 Å². The van der Waals surface area contributed by atoms with Crippen molar-refractivity contribution in [1.82, 2.24) is 9.80 Å². The summed E-state index contributed by atoms with van der Waals surface area (Å²) in [7, 11) is 3.35. The van der Waals surface area contributed by atoms with Crippen molar-refractivity contribution in [3.8, 4) is 5.75 Å². The third-order valence-electron chi connectivity index (χ3n) is 7.21. The number of carbonyl (C=O) groups is 3. The number of nitrogens with zero attached hydrogens (tertiary/aromatic N) is 2. The maximum atomic E-state index is 13.5. The Labute approximate surface area is 224 Å². The molecule has 9 heteroatoms. The number of amides is 4. The number of likely N-dealkylation sites (N-methyl/N-ethyl adjacent to an activating group) is 1. The molecule has 0 bridgehead atoms. The zero-order valence-electron chi connectivity index (χ0n) is 22.6. The first-order valence-electron chi connectivity index (χ1n) is 13.2. The van der Waals surface area contributed by atoms with Crippen molar-refractivity contribution in [3.05, 3.63) is 54.1 Å².